The zero-order valence-corrected chi connectivity index (χ0v) is 9.95. The fourth-order valence-electron chi connectivity index (χ4n) is 1.47. The summed E-state index contributed by atoms with van der Waals surface area (Å²) in [6, 6.07) is 0. The highest BCUT2D eigenvalue weighted by molar-refractivity contribution is 7.09. The Kier molecular flexibility index (Phi) is 2.20. The molecule has 2 rings (SSSR count). The lowest BCUT2D eigenvalue weighted by Gasteiger charge is -2.15. The van der Waals surface area contributed by atoms with Crippen LogP contribution in [0.5, 0.6) is 0 Å². The number of nitrogens with zero attached hydrogens (tertiary/aromatic N) is 1. The van der Waals surface area contributed by atoms with E-state index in [0.29, 0.717) is 5.41 Å². The minimum absolute atomic E-state index is 0.0629. The lowest BCUT2D eigenvalue weighted by molar-refractivity contribution is 0.409. The van der Waals surface area contributed by atoms with Crippen LogP contribution in [0.2, 0.25) is 0 Å². The number of nitrogens with two attached hydrogens (primary N) is 1. The van der Waals surface area contributed by atoms with Gasteiger partial charge in [0.25, 0.3) is 0 Å². The molecule has 1 heterocycles. The van der Waals surface area contributed by atoms with Gasteiger partial charge >= 0.3 is 0 Å². The molecule has 1 aromatic rings. The molecule has 1 saturated carbocycles. The zero-order valence-electron chi connectivity index (χ0n) is 9.13. The van der Waals surface area contributed by atoms with Gasteiger partial charge in [-0.2, -0.15) is 0 Å². The summed E-state index contributed by atoms with van der Waals surface area (Å²) in [6.07, 6.45) is 3.26. The highest BCUT2D eigenvalue weighted by Crippen LogP contribution is 2.43. The van der Waals surface area contributed by atoms with E-state index >= 15 is 0 Å². The molecule has 1 aromatic heterocycles. The Bertz CT molecular complexity index is 331. The summed E-state index contributed by atoms with van der Waals surface area (Å²) < 4.78 is 0. The molecule has 0 unspecified atom stereocenters. The lowest BCUT2D eigenvalue weighted by Crippen LogP contribution is -2.19. The highest BCUT2D eigenvalue weighted by atomic mass is 32.1. The monoisotopic (exact) mass is 210 g/mol. The predicted octanol–water partition coefficient (Wildman–Crippen LogP) is 2.68. The second-order valence-electron chi connectivity index (χ2n) is 5.52. The van der Waals surface area contributed by atoms with Gasteiger partial charge < -0.3 is 5.73 Å². The summed E-state index contributed by atoms with van der Waals surface area (Å²) in [5, 5.41) is 3.36. The molecule has 0 saturated heterocycles. The molecule has 0 bridgehead atoms. The Morgan fingerprint density at radius 2 is 2.14 bits per heavy atom. The molecule has 0 radical (unpaired) electrons. The van der Waals surface area contributed by atoms with Gasteiger partial charge in [0.15, 0.2) is 0 Å². The molecule has 0 atom stereocenters. The number of rotatable bonds is 2. The van der Waals surface area contributed by atoms with E-state index in [4.69, 9.17) is 5.73 Å². The highest BCUT2D eigenvalue weighted by Gasteiger charge is 2.42. The Morgan fingerprint density at radius 3 is 2.64 bits per heavy atom. The van der Waals surface area contributed by atoms with Crippen molar-refractivity contribution in [1.29, 1.82) is 0 Å². The van der Waals surface area contributed by atoms with Crippen molar-refractivity contribution in [3.63, 3.8) is 0 Å². The van der Waals surface area contributed by atoms with Crippen LogP contribution in [0.4, 0.5) is 0 Å². The average Bonchev–Trinajstić information content (AvgIpc) is 2.60. The van der Waals surface area contributed by atoms with E-state index in [9.17, 15) is 0 Å². The van der Waals surface area contributed by atoms with E-state index in [1.165, 1.54) is 5.01 Å². The Morgan fingerprint density at radius 1 is 1.50 bits per heavy atom. The minimum atomic E-state index is -0.0629. The largest absolute Gasteiger partial charge is 0.320 e. The van der Waals surface area contributed by atoms with Gasteiger partial charge in [-0.25, -0.2) is 4.98 Å². The van der Waals surface area contributed by atoms with Gasteiger partial charge in [-0.3, -0.25) is 0 Å². The number of hydrogen-bond donors (Lipinski definition) is 1. The smallest absolute Gasteiger partial charge is 0.0934 e. The quantitative estimate of drug-likeness (QED) is 0.815. The molecule has 78 valence electrons. The van der Waals surface area contributed by atoms with Crippen molar-refractivity contribution in [3.05, 3.63) is 16.1 Å². The fraction of sp³-hybridized carbons (Fsp3) is 0.727. The van der Waals surface area contributed by atoms with Gasteiger partial charge in [-0.15, -0.1) is 11.3 Å². The van der Waals surface area contributed by atoms with Crippen LogP contribution < -0.4 is 5.73 Å². The lowest BCUT2D eigenvalue weighted by atomic mass is 9.93. The summed E-state index contributed by atoms with van der Waals surface area (Å²) in [7, 11) is 0. The zero-order chi connectivity index (χ0) is 10.4. The van der Waals surface area contributed by atoms with Crippen LogP contribution in [0.3, 0.4) is 0 Å². The number of aromatic nitrogens is 1. The van der Waals surface area contributed by atoms with Crippen LogP contribution in [0.25, 0.3) is 0 Å². The summed E-state index contributed by atoms with van der Waals surface area (Å²) >= 11 is 1.75. The Hall–Kier alpha value is -0.410. The van der Waals surface area contributed by atoms with E-state index in [0.717, 1.165) is 25.0 Å². The molecule has 1 fully saturated rings. The van der Waals surface area contributed by atoms with Crippen LogP contribution in [-0.4, -0.2) is 4.98 Å². The third kappa shape index (κ3) is 2.15. The SMILES string of the molecule is CC(C)(C)Cc1nc(C2(N)CC2)cs1. The fourth-order valence-corrected chi connectivity index (χ4v) is 2.67. The average molecular weight is 210 g/mol. The first-order valence-corrected chi connectivity index (χ1v) is 6.01. The summed E-state index contributed by atoms with van der Waals surface area (Å²) in [5.74, 6) is 0. The number of thiazole rings is 1. The molecule has 2 nitrogen and oxygen atoms in total. The van der Waals surface area contributed by atoms with Crippen LogP contribution in [0, 0.1) is 5.41 Å². The van der Waals surface area contributed by atoms with E-state index < -0.39 is 0 Å². The summed E-state index contributed by atoms with van der Waals surface area (Å²) in [5.41, 5.74) is 7.46. The molecule has 1 aliphatic rings. The Balaban J connectivity index is 2.11. The molecule has 1 aliphatic carbocycles. The second kappa shape index (κ2) is 3.04. The second-order valence-corrected chi connectivity index (χ2v) is 6.46. The van der Waals surface area contributed by atoms with Gasteiger partial charge in [0, 0.05) is 11.8 Å². The third-order valence-corrected chi connectivity index (χ3v) is 3.38. The van der Waals surface area contributed by atoms with Gasteiger partial charge in [0.05, 0.1) is 16.2 Å². The van der Waals surface area contributed by atoms with Crippen LogP contribution >= 0.6 is 11.3 Å². The molecule has 0 aromatic carbocycles. The van der Waals surface area contributed by atoms with Gasteiger partial charge in [0.2, 0.25) is 0 Å². The first kappa shape index (κ1) is 10.1. The van der Waals surface area contributed by atoms with Crippen LogP contribution in [-0.2, 0) is 12.0 Å². The van der Waals surface area contributed by atoms with Gasteiger partial charge in [-0.1, -0.05) is 20.8 Å². The van der Waals surface area contributed by atoms with Crippen molar-refractivity contribution in [3.8, 4) is 0 Å². The van der Waals surface area contributed by atoms with Crippen molar-refractivity contribution in [2.24, 2.45) is 11.1 Å². The molecule has 14 heavy (non-hydrogen) atoms. The minimum Gasteiger partial charge on any atom is -0.320 e. The molecule has 2 N–H and O–H groups in total. The maximum Gasteiger partial charge on any atom is 0.0934 e. The molecular formula is C11H18N2S. The maximum absolute atomic E-state index is 6.09. The van der Waals surface area contributed by atoms with E-state index in [-0.39, 0.29) is 5.54 Å². The van der Waals surface area contributed by atoms with Crippen molar-refractivity contribution in [1.82, 2.24) is 4.98 Å². The van der Waals surface area contributed by atoms with Crippen LogP contribution in [0.15, 0.2) is 5.38 Å². The molecule has 0 spiro atoms. The van der Waals surface area contributed by atoms with E-state index in [1.54, 1.807) is 11.3 Å². The predicted molar refractivity (Wildman–Crippen MR) is 60.4 cm³/mol. The molecule has 0 amide bonds. The third-order valence-electron chi connectivity index (χ3n) is 2.53. The van der Waals surface area contributed by atoms with Crippen LogP contribution in [0.1, 0.15) is 44.3 Å². The molecule has 3 heteroatoms. The topological polar surface area (TPSA) is 38.9 Å². The summed E-state index contributed by atoms with van der Waals surface area (Å²) in [6.45, 7) is 6.72. The first-order valence-electron chi connectivity index (χ1n) is 5.13. The molecular weight excluding hydrogens is 192 g/mol. The first-order chi connectivity index (χ1) is 6.39. The molecule has 0 aliphatic heterocycles. The van der Waals surface area contributed by atoms with E-state index in [1.807, 2.05) is 0 Å². The Labute approximate surface area is 89.5 Å². The van der Waals surface area contributed by atoms with Gasteiger partial charge in [0.1, 0.15) is 0 Å². The summed E-state index contributed by atoms with van der Waals surface area (Å²) in [4.78, 5) is 4.62. The standard InChI is InChI=1S/C11H18N2S/c1-10(2,3)6-9-13-8(7-14-9)11(12)4-5-11/h7H,4-6,12H2,1-3H3. The van der Waals surface area contributed by atoms with E-state index in [2.05, 4.69) is 31.1 Å². The van der Waals surface area contributed by atoms with Gasteiger partial charge in [-0.05, 0) is 18.3 Å². The number of hydrogen-bond acceptors (Lipinski definition) is 3. The maximum atomic E-state index is 6.09. The van der Waals surface area contributed by atoms with Crippen molar-refractivity contribution >= 4 is 11.3 Å². The van der Waals surface area contributed by atoms with Crippen molar-refractivity contribution in [2.45, 2.75) is 45.6 Å². The van der Waals surface area contributed by atoms with Crippen molar-refractivity contribution in [2.75, 3.05) is 0 Å². The van der Waals surface area contributed by atoms with Crippen molar-refractivity contribution < 1.29 is 0 Å². The normalized spacial score (nSPS) is 19.7.